The summed E-state index contributed by atoms with van der Waals surface area (Å²) in [5, 5.41) is 0.667. The Labute approximate surface area is 130 Å². The van der Waals surface area contributed by atoms with E-state index in [1.807, 2.05) is 18.2 Å². The smallest absolute Gasteiger partial charge is 0.0838 e. The van der Waals surface area contributed by atoms with Gasteiger partial charge in [0.05, 0.1) is 5.38 Å². The Balaban J connectivity index is 1.95. The lowest BCUT2D eigenvalue weighted by Gasteiger charge is -2.19. The third-order valence-electron chi connectivity index (χ3n) is 4.17. The van der Waals surface area contributed by atoms with Crippen molar-refractivity contribution in [3.05, 3.63) is 69.2 Å². The van der Waals surface area contributed by atoms with Crippen LogP contribution in [0.2, 0.25) is 5.02 Å². The Bertz CT molecular complexity index is 631. The van der Waals surface area contributed by atoms with Crippen LogP contribution in [0.4, 0.5) is 0 Å². The predicted molar refractivity (Wildman–Crippen MR) is 87.0 cm³/mol. The molecule has 2 heteroatoms. The lowest BCUT2D eigenvalue weighted by Crippen LogP contribution is -2.04. The van der Waals surface area contributed by atoms with Gasteiger partial charge in [0, 0.05) is 5.02 Å². The zero-order valence-electron chi connectivity index (χ0n) is 11.6. The summed E-state index contributed by atoms with van der Waals surface area (Å²) in [6.07, 6.45) is 5.01. The molecule has 0 N–H and O–H groups in total. The van der Waals surface area contributed by atoms with Gasteiger partial charge in [0.1, 0.15) is 0 Å². The summed E-state index contributed by atoms with van der Waals surface area (Å²) in [6.45, 7) is 2.06. The van der Waals surface area contributed by atoms with Crippen molar-refractivity contribution in [1.29, 1.82) is 0 Å². The van der Waals surface area contributed by atoms with Gasteiger partial charge in [-0.15, -0.1) is 11.6 Å². The highest BCUT2D eigenvalue weighted by Gasteiger charge is 2.16. The molecule has 2 aromatic carbocycles. The zero-order valence-corrected chi connectivity index (χ0v) is 13.1. The van der Waals surface area contributed by atoms with Crippen molar-refractivity contribution in [3.8, 4) is 0 Å². The lowest BCUT2D eigenvalue weighted by atomic mass is 9.89. The molecule has 0 bridgehead atoms. The maximum atomic E-state index is 6.69. The summed E-state index contributed by atoms with van der Waals surface area (Å²) < 4.78 is 0. The number of rotatable bonds is 2. The summed E-state index contributed by atoms with van der Waals surface area (Å²) in [4.78, 5) is 0. The van der Waals surface area contributed by atoms with Crippen LogP contribution in [-0.4, -0.2) is 0 Å². The van der Waals surface area contributed by atoms with E-state index < -0.39 is 0 Å². The molecule has 20 heavy (non-hydrogen) atoms. The van der Waals surface area contributed by atoms with Gasteiger partial charge in [-0.3, -0.25) is 0 Å². The van der Waals surface area contributed by atoms with E-state index in [-0.39, 0.29) is 5.38 Å². The van der Waals surface area contributed by atoms with Gasteiger partial charge in [-0.2, -0.15) is 0 Å². The molecule has 0 aliphatic heterocycles. The molecule has 2 aromatic rings. The number of aryl methyl sites for hydroxylation is 3. The highest BCUT2D eigenvalue weighted by molar-refractivity contribution is 6.30. The molecule has 0 spiro atoms. The fourth-order valence-corrected chi connectivity index (χ4v) is 3.62. The van der Waals surface area contributed by atoms with Crippen LogP contribution in [0.15, 0.2) is 36.4 Å². The minimum Gasteiger partial charge on any atom is -0.113 e. The minimum atomic E-state index is -0.0977. The molecule has 104 valence electrons. The maximum Gasteiger partial charge on any atom is 0.0838 e. The van der Waals surface area contributed by atoms with Gasteiger partial charge >= 0.3 is 0 Å². The van der Waals surface area contributed by atoms with E-state index in [0.717, 1.165) is 16.1 Å². The first kappa shape index (κ1) is 14.0. The lowest BCUT2D eigenvalue weighted by molar-refractivity contribution is 0.684. The van der Waals surface area contributed by atoms with Gasteiger partial charge in [-0.25, -0.2) is 0 Å². The third kappa shape index (κ3) is 2.73. The Kier molecular flexibility index (Phi) is 4.05. The molecule has 0 aromatic heterocycles. The van der Waals surface area contributed by atoms with Crippen molar-refractivity contribution in [3.63, 3.8) is 0 Å². The topological polar surface area (TPSA) is 0 Å². The van der Waals surface area contributed by atoms with Crippen molar-refractivity contribution < 1.29 is 0 Å². The number of hydrogen-bond acceptors (Lipinski definition) is 0. The second-order valence-electron chi connectivity index (χ2n) is 5.60. The van der Waals surface area contributed by atoms with Gasteiger partial charge < -0.3 is 0 Å². The molecule has 1 unspecified atom stereocenters. The van der Waals surface area contributed by atoms with Crippen molar-refractivity contribution in [2.24, 2.45) is 0 Å². The molecule has 1 aliphatic carbocycles. The number of hydrogen-bond donors (Lipinski definition) is 0. The summed E-state index contributed by atoms with van der Waals surface area (Å²) in [6, 6.07) is 12.7. The summed E-state index contributed by atoms with van der Waals surface area (Å²) in [7, 11) is 0. The largest absolute Gasteiger partial charge is 0.113 e. The molecular weight excluding hydrogens is 287 g/mol. The Hall–Kier alpha value is -0.980. The van der Waals surface area contributed by atoms with Crippen LogP contribution in [0.25, 0.3) is 0 Å². The molecule has 0 heterocycles. The Morgan fingerprint density at radius 2 is 1.70 bits per heavy atom. The van der Waals surface area contributed by atoms with Gasteiger partial charge in [0.2, 0.25) is 0 Å². The second kappa shape index (κ2) is 5.79. The fourth-order valence-electron chi connectivity index (χ4n) is 3.01. The van der Waals surface area contributed by atoms with Crippen LogP contribution in [0, 0.1) is 6.92 Å². The van der Waals surface area contributed by atoms with Crippen molar-refractivity contribution >= 4 is 23.2 Å². The van der Waals surface area contributed by atoms with Crippen LogP contribution in [0.1, 0.15) is 46.0 Å². The molecule has 0 radical (unpaired) electrons. The van der Waals surface area contributed by atoms with Crippen LogP contribution in [0.5, 0.6) is 0 Å². The second-order valence-corrected chi connectivity index (χ2v) is 6.47. The van der Waals surface area contributed by atoms with Gasteiger partial charge in [-0.05, 0) is 72.6 Å². The zero-order chi connectivity index (χ0) is 14.1. The van der Waals surface area contributed by atoms with E-state index in [9.17, 15) is 0 Å². The van der Waals surface area contributed by atoms with E-state index in [1.54, 1.807) is 0 Å². The van der Waals surface area contributed by atoms with Crippen LogP contribution in [-0.2, 0) is 12.8 Å². The molecule has 0 fully saturated rings. The Morgan fingerprint density at radius 1 is 0.950 bits per heavy atom. The molecule has 0 amide bonds. The highest BCUT2D eigenvalue weighted by Crippen LogP contribution is 2.34. The normalized spacial score (nSPS) is 15.8. The first-order chi connectivity index (χ1) is 9.65. The number of halogens is 2. The minimum absolute atomic E-state index is 0.0977. The van der Waals surface area contributed by atoms with Gasteiger partial charge in [-0.1, -0.05) is 35.9 Å². The average molecular weight is 305 g/mol. The highest BCUT2D eigenvalue weighted by atomic mass is 35.5. The third-order valence-corrected chi connectivity index (χ3v) is 4.89. The molecule has 0 saturated heterocycles. The van der Waals surface area contributed by atoms with Crippen LogP contribution < -0.4 is 0 Å². The first-order valence-electron chi connectivity index (χ1n) is 7.17. The first-order valence-corrected chi connectivity index (χ1v) is 7.98. The predicted octanol–water partition coefficient (Wildman–Crippen LogP) is 5.86. The van der Waals surface area contributed by atoms with Gasteiger partial charge in [0.15, 0.2) is 0 Å². The molecular formula is C18H18Cl2. The molecule has 1 atom stereocenters. The monoisotopic (exact) mass is 304 g/mol. The fraction of sp³-hybridized carbons (Fsp3) is 0.333. The van der Waals surface area contributed by atoms with Crippen LogP contribution in [0.3, 0.4) is 0 Å². The van der Waals surface area contributed by atoms with E-state index in [4.69, 9.17) is 23.2 Å². The number of fused-ring (bicyclic) bond motifs is 1. The molecule has 0 saturated carbocycles. The Morgan fingerprint density at radius 3 is 2.45 bits per heavy atom. The van der Waals surface area contributed by atoms with Crippen molar-refractivity contribution in [1.82, 2.24) is 0 Å². The molecule has 3 rings (SSSR count). The summed E-state index contributed by atoms with van der Waals surface area (Å²) >= 11 is 12.7. The number of alkyl halides is 1. The molecule has 1 aliphatic rings. The standard InChI is InChI=1S/C18H18Cl2/c1-12-10-16(19)8-9-17(12)18(20)15-7-6-13-4-2-3-5-14(13)11-15/h6-11,18H,2-5H2,1H3. The SMILES string of the molecule is Cc1cc(Cl)ccc1C(Cl)c1ccc2c(c1)CCCC2. The molecule has 0 nitrogen and oxygen atoms in total. The van der Waals surface area contributed by atoms with Crippen molar-refractivity contribution in [2.75, 3.05) is 0 Å². The van der Waals surface area contributed by atoms with Gasteiger partial charge in [0.25, 0.3) is 0 Å². The quantitative estimate of drug-likeness (QED) is 0.610. The van der Waals surface area contributed by atoms with Crippen molar-refractivity contribution in [2.45, 2.75) is 38.0 Å². The van der Waals surface area contributed by atoms with Crippen LogP contribution >= 0.6 is 23.2 Å². The maximum absolute atomic E-state index is 6.69. The van der Waals surface area contributed by atoms with E-state index in [1.165, 1.54) is 42.4 Å². The number of benzene rings is 2. The van der Waals surface area contributed by atoms with E-state index in [2.05, 4.69) is 25.1 Å². The van der Waals surface area contributed by atoms with E-state index in [0.29, 0.717) is 0 Å². The van der Waals surface area contributed by atoms with E-state index >= 15 is 0 Å². The summed E-state index contributed by atoms with van der Waals surface area (Å²) in [5.74, 6) is 0. The average Bonchev–Trinajstić information content (AvgIpc) is 2.46. The summed E-state index contributed by atoms with van der Waals surface area (Å²) in [5.41, 5.74) is 6.46.